The van der Waals surface area contributed by atoms with Crippen LogP contribution in [0.5, 0.6) is 0 Å². The molecular formula is C17H26N2O2. The summed E-state index contributed by atoms with van der Waals surface area (Å²) < 4.78 is 0. The Balaban J connectivity index is 1.99. The van der Waals surface area contributed by atoms with E-state index in [1.54, 1.807) is 19.0 Å². The molecule has 2 rings (SSSR count). The quantitative estimate of drug-likeness (QED) is 0.922. The summed E-state index contributed by atoms with van der Waals surface area (Å²) in [5.74, 6) is 0.0346. The van der Waals surface area contributed by atoms with Crippen molar-refractivity contribution in [1.29, 1.82) is 0 Å². The minimum absolute atomic E-state index is 0.0269. The van der Waals surface area contributed by atoms with Gasteiger partial charge in [0.25, 0.3) is 5.91 Å². The number of carbonyl (C=O) groups excluding carboxylic acids is 1. The molecule has 1 aromatic rings. The summed E-state index contributed by atoms with van der Waals surface area (Å²) in [6.07, 6.45) is 2.23. The fourth-order valence-corrected chi connectivity index (χ4v) is 2.96. The molecular weight excluding hydrogens is 264 g/mol. The van der Waals surface area contributed by atoms with E-state index in [2.05, 4.69) is 11.8 Å². The molecule has 21 heavy (non-hydrogen) atoms. The zero-order valence-corrected chi connectivity index (χ0v) is 13.3. The fraction of sp³-hybridized carbons (Fsp3) is 0.588. The molecule has 0 bridgehead atoms. The third-order valence-electron chi connectivity index (χ3n) is 4.25. The van der Waals surface area contributed by atoms with E-state index < -0.39 is 0 Å². The van der Waals surface area contributed by atoms with Crippen molar-refractivity contribution in [3.05, 3.63) is 35.4 Å². The van der Waals surface area contributed by atoms with Crippen molar-refractivity contribution in [2.24, 2.45) is 5.41 Å². The van der Waals surface area contributed by atoms with Gasteiger partial charge < -0.3 is 10.0 Å². The van der Waals surface area contributed by atoms with E-state index in [-0.39, 0.29) is 17.9 Å². The Bertz CT molecular complexity index is 484. The first-order valence-electron chi connectivity index (χ1n) is 7.57. The summed E-state index contributed by atoms with van der Waals surface area (Å²) in [6.45, 7) is 5.29. The predicted octanol–water partition coefficient (Wildman–Crippen LogP) is 1.98. The van der Waals surface area contributed by atoms with Crippen molar-refractivity contribution in [1.82, 2.24) is 9.80 Å². The van der Waals surface area contributed by atoms with E-state index in [1.807, 2.05) is 24.3 Å². The summed E-state index contributed by atoms with van der Waals surface area (Å²) in [4.78, 5) is 15.8. The molecule has 4 nitrogen and oxygen atoms in total. The SMILES string of the molecule is CN(C)C(=O)c1ccc(CN2CCCC(C)(CO)C2)cc1. The lowest BCUT2D eigenvalue weighted by Crippen LogP contribution is -2.43. The summed E-state index contributed by atoms with van der Waals surface area (Å²) in [6, 6.07) is 7.85. The van der Waals surface area contributed by atoms with Gasteiger partial charge in [0.05, 0.1) is 0 Å². The zero-order valence-electron chi connectivity index (χ0n) is 13.3. The number of amides is 1. The maximum absolute atomic E-state index is 11.9. The Hall–Kier alpha value is -1.39. The van der Waals surface area contributed by atoms with Gasteiger partial charge in [0.1, 0.15) is 0 Å². The summed E-state index contributed by atoms with van der Waals surface area (Å²) in [5, 5.41) is 9.51. The highest BCUT2D eigenvalue weighted by molar-refractivity contribution is 5.93. The van der Waals surface area contributed by atoms with Crippen LogP contribution in [0.3, 0.4) is 0 Å². The average Bonchev–Trinajstić information content (AvgIpc) is 2.47. The van der Waals surface area contributed by atoms with Gasteiger partial charge in [-0.1, -0.05) is 19.1 Å². The zero-order chi connectivity index (χ0) is 15.5. The first-order chi connectivity index (χ1) is 9.93. The minimum atomic E-state index is 0.0269. The highest BCUT2D eigenvalue weighted by Crippen LogP contribution is 2.29. The highest BCUT2D eigenvalue weighted by atomic mass is 16.3. The van der Waals surface area contributed by atoms with Gasteiger partial charge in [0, 0.05) is 44.8 Å². The molecule has 1 heterocycles. The molecule has 0 aromatic heterocycles. The van der Waals surface area contributed by atoms with Crippen molar-refractivity contribution in [2.45, 2.75) is 26.3 Å². The third kappa shape index (κ3) is 4.05. The lowest BCUT2D eigenvalue weighted by atomic mass is 9.82. The number of likely N-dealkylation sites (tertiary alicyclic amines) is 1. The van der Waals surface area contributed by atoms with Crippen molar-refractivity contribution in [2.75, 3.05) is 33.8 Å². The Morgan fingerprint density at radius 1 is 1.33 bits per heavy atom. The number of carbonyl (C=O) groups is 1. The van der Waals surface area contributed by atoms with Gasteiger partial charge in [-0.2, -0.15) is 0 Å². The Labute approximate surface area is 127 Å². The molecule has 0 spiro atoms. The van der Waals surface area contributed by atoms with E-state index in [9.17, 15) is 9.90 Å². The van der Waals surface area contributed by atoms with Crippen molar-refractivity contribution < 1.29 is 9.90 Å². The monoisotopic (exact) mass is 290 g/mol. The fourth-order valence-electron chi connectivity index (χ4n) is 2.96. The van der Waals surface area contributed by atoms with Gasteiger partial charge in [-0.25, -0.2) is 0 Å². The van der Waals surface area contributed by atoms with Crippen molar-refractivity contribution >= 4 is 5.91 Å². The molecule has 0 radical (unpaired) electrons. The van der Waals surface area contributed by atoms with E-state index in [0.717, 1.165) is 38.0 Å². The molecule has 0 saturated carbocycles. The largest absolute Gasteiger partial charge is 0.396 e. The van der Waals surface area contributed by atoms with E-state index >= 15 is 0 Å². The lowest BCUT2D eigenvalue weighted by Gasteiger charge is -2.39. The number of hydrogen-bond donors (Lipinski definition) is 1. The molecule has 0 aliphatic carbocycles. The Kier molecular flexibility index (Phi) is 5.01. The smallest absolute Gasteiger partial charge is 0.253 e. The molecule has 1 saturated heterocycles. The van der Waals surface area contributed by atoms with Crippen LogP contribution >= 0.6 is 0 Å². The second-order valence-corrected chi connectivity index (χ2v) is 6.68. The third-order valence-corrected chi connectivity index (χ3v) is 4.25. The minimum Gasteiger partial charge on any atom is -0.396 e. The topological polar surface area (TPSA) is 43.8 Å². The van der Waals surface area contributed by atoms with Gasteiger partial charge >= 0.3 is 0 Å². The molecule has 116 valence electrons. The highest BCUT2D eigenvalue weighted by Gasteiger charge is 2.30. The molecule has 1 aromatic carbocycles. The van der Waals surface area contributed by atoms with E-state index in [4.69, 9.17) is 0 Å². The number of piperidine rings is 1. The maximum atomic E-state index is 11.9. The molecule has 1 aliphatic heterocycles. The van der Waals surface area contributed by atoms with Gasteiger partial charge in [-0.3, -0.25) is 9.69 Å². The number of hydrogen-bond acceptors (Lipinski definition) is 3. The second-order valence-electron chi connectivity index (χ2n) is 6.68. The normalized spacial score (nSPS) is 23.0. The average molecular weight is 290 g/mol. The number of aliphatic hydroxyl groups excluding tert-OH is 1. The molecule has 1 N–H and O–H groups in total. The second kappa shape index (κ2) is 6.58. The lowest BCUT2D eigenvalue weighted by molar-refractivity contribution is 0.0429. The number of benzene rings is 1. The van der Waals surface area contributed by atoms with Crippen LogP contribution in [0.4, 0.5) is 0 Å². The van der Waals surface area contributed by atoms with Crippen LogP contribution in [0, 0.1) is 5.41 Å². The Morgan fingerprint density at radius 2 is 2.00 bits per heavy atom. The standard InChI is InChI=1S/C17H26N2O2/c1-17(13-20)9-4-10-19(12-17)11-14-5-7-15(8-6-14)16(21)18(2)3/h5-8,20H,4,9-13H2,1-3H3. The maximum Gasteiger partial charge on any atom is 0.253 e. The first-order valence-corrected chi connectivity index (χ1v) is 7.57. The summed E-state index contributed by atoms with van der Waals surface area (Å²) in [5.41, 5.74) is 1.97. The molecule has 1 aliphatic rings. The van der Waals surface area contributed by atoms with Gasteiger partial charge in [0.2, 0.25) is 0 Å². The molecule has 1 unspecified atom stereocenters. The van der Waals surface area contributed by atoms with Crippen LogP contribution in [0.15, 0.2) is 24.3 Å². The van der Waals surface area contributed by atoms with E-state index in [1.165, 1.54) is 5.56 Å². The van der Waals surface area contributed by atoms with Crippen LogP contribution in [0.2, 0.25) is 0 Å². The van der Waals surface area contributed by atoms with Crippen molar-refractivity contribution in [3.8, 4) is 0 Å². The number of aliphatic hydroxyl groups is 1. The van der Waals surface area contributed by atoms with Crippen molar-refractivity contribution in [3.63, 3.8) is 0 Å². The van der Waals surface area contributed by atoms with Gasteiger partial charge in [0.15, 0.2) is 0 Å². The van der Waals surface area contributed by atoms with Crippen LogP contribution in [0.25, 0.3) is 0 Å². The molecule has 1 amide bonds. The number of rotatable bonds is 4. The molecule has 1 atom stereocenters. The molecule has 1 fully saturated rings. The van der Waals surface area contributed by atoms with Crippen LogP contribution < -0.4 is 0 Å². The predicted molar refractivity (Wildman–Crippen MR) is 84.2 cm³/mol. The summed E-state index contributed by atoms with van der Waals surface area (Å²) >= 11 is 0. The van der Waals surface area contributed by atoms with Crippen LogP contribution in [0.1, 0.15) is 35.7 Å². The van der Waals surface area contributed by atoms with Crippen LogP contribution in [-0.4, -0.2) is 54.6 Å². The Morgan fingerprint density at radius 3 is 2.57 bits per heavy atom. The summed E-state index contributed by atoms with van der Waals surface area (Å²) in [7, 11) is 3.53. The van der Waals surface area contributed by atoms with E-state index in [0.29, 0.717) is 0 Å². The van der Waals surface area contributed by atoms with Crippen LogP contribution in [-0.2, 0) is 6.54 Å². The van der Waals surface area contributed by atoms with Gasteiger partial charge in [-0.05, 0) is 37.1 Å². The number of nitrogens with zero attached hydrogens (tertiary/aromatic N) is 2. The first kappa shape index (κ1) is 16.0. The van der Waals surface area contributed by atoms with Gasteiger partial charge in [-0.15, -0.1) is 0 Å². The molecule has 4 heteroatoms.